The number of hydrogen-bond acceptors (Lipinski definition) is 4. The van der Waals surface area contributed by atoms with Crippen LogP contribution in [0.4, 0.5) is 0 Å². The fraction of sp³-hybridized carbons (Fsp3) is 0.750. The number of aryl methyl sites for hydroxylation is 1. The van der Waals surface area contributed by atoms with Crippen molar-refractivity contribution in [2.24, 2.45) is 0 Å². The summed E-state index contributed by atoms with van der Waals surface area (Å²) in [6, 6.07) is 0.772. The summed E-state index contributed by atoms with van der Waals surface area (Å²) in [6.45, 7) is 3.94. The summed E-state index contributed by atoms with van der Waals surface area (Å²) in [6.07, 6.45) is 4.66. The summed E-state index contributed by atoms with van der Waals surface area (Å²) >= 11 is 1.84. The fourth-order valence-corrected chi connectivity index (χ4v) is 2.76. The smallest absolute Gasteiger partial charge is 0.0954 e. The molecule has 1 aliphatic rings. The number of ether oxygens (including phenoxy) is 1. The largest absolute Gasteiger partial charge is 0.384 e. The lowest BCUT2D eigenvalue weighted by atomic mass is 10.3. The highest BCUT2D eigenvalue weighted by atomic mass is 32.1. The van der Waals surface area contributed by atoms with Crippen LogP contribution in [0.5, 0.6) is 0 Å². The van der Waals surface area contributed by atoms with Gasteiger partial charge < -0.3 is 10.1 Å². The van der Waals surface area contributed by atoms with Gasteiger partial charge in [0.1, 0.15) is 0 Å². The summed E-state index contributed by atoms with van der Waals surface area (Å²) in [5.74, 6) is 0. The minimum absolute atomic E-state index is 0.770. The van der Waals surface area contributed by atoms with Gasteiger partial charge in [-0.1, -0.05) is 6.92 Å². The fourth-order valence-electron chi connectivity index (χ4n) is 1.67. The van der Waals surface area contributed by atoms with Gasteiger partial charge in [-0.25, -0.2) is 4.98 Å². The molecular formula is C12H20N2OS. The van der Waals surface area contributed by atoms with Gasteiger partial charge in [0.05, 0.1) is 17.3 Å². The molecule has 0 saturated heterocycles. The highest BCUT2D eigenvalue weighted by Gasteiger charge is 2.21. The van der Waals surface area contributed by atoms with E-state index in [4.69, 9.17) is 4.74 Å². The zero-order valence-electron chi connectivity index (χ0n) is 10.1. The summed E-state index contributed by atoms with van der Waals surface area (Å²) in [4.78, 5) is 6.08. The molecule has 0 unspecified atom stereocenters. The monoisotopic (exact) mass is 240 g/mol. The van der Waals surface area contributed by atoms with Crippen LogP contribution in [-0.2, 0) is 24.1 Å². The average molecular weight is 240 g/mol. The molecule has 2 rings (SSSR count). The minimum atomic E-state index is 0.770. The molecule has 1 aromatic heterocycles. The molecule has 0 aromatic carbocycles. The highest BCUT2D eigenvalue weighted by molar-refractivity contribution is 7.11. The Labute approximate surface area is 101 Å². The van der Waals surface area contributed by atoms with E-state index >= 15 is 0 Å². The molecule has 3 nitrogen and oxygen atoms in total. The van der Waals surface area contributed by atoms with Gasteiger partial charge in [-0.3, -0.25) is 0 Å². The van der Waals surface area contributed by atoms with Crippen LogP contribution < -0.4 is 5.32 Å². The molecule has 16 heavy (non-hydrogen) atoms. The SMILES string of the molecule is CCc1nc(CCOC)sc1CNC1CC1. The van der Waals surface area contributed by atoms with E-state index < -0.39 is 0 Å². The Bertz CT molecular complexity index is 334. The van der Waals surface area contributed by atoms with Gasteiger partial charge in [-0.15, -0.1) is 11.3 Å². The molecule has 0 aliphatic heterocycles. The molecule has 0 atom stereocenters. The van der Waals surface area contributed by atoms with Gasteiger partial charge in [0, 0.05) is 31.0 Å². The maximum Gasteiger partial charge on any atom is 0.0954 e. The van der Waals surface area contributed by atoms with E-state index in [-0.39, 0.29) is 0 Å². The van der Waals surface area contributed by atoms with E-state index in [0.717, 1.165) is 32.0 Å². The average Bonchev–Trinajstić information content (AvgIpc) is 3.04. The van der Waals surface area contributed by atoms with Gasteiger partial charge in [0.25, 0.3) is 0 Å². The van der Waals surface area contributed by atoms with Gasteiger partial charge in [0.2, 0.25) is 0 Å². The lowest BCUT2D eigenvalue weighted by molar-refractivity contribution is 0.202. The second kappa shape index (κ2) is 5.75. The van der Waals surface area contributed by atoms with Crippen LogP contribution in [0.3, 0.4) is 0 Å². The molecule has 0 amide bonds. The zero-order chi connectivity index (χ0) is 11.4. The third-order valence-corrected chi connectivity index (χ3v) is 3.96. The van der Waals surface area contributed by atoms with Gasteiger partial charge >= 0.3 is 0 Å². The normalized spacial score (nSPS) is 15.6. The predicted octanol–water partition coefficient (Wildman–Crippen LogP) is 2.15. The standard InChI is InChI=1S/C12H20N2OS/c1-3-10-11(8-13-9-4-5-9)16-12(14-10)6-7-15-2/h9,13H,3-8H2,1-2H3. The minimum Gasteiger partial charge on any atom is -0.384 e. The van der Waals surface area contributed by atoms with Gasteiger partial charge in [0.15, 0.2) is 0 Å². The first-order valence-corrected chi connectivity index (χ1v) is 6.85. The van der Waals surface area contributed by atoms with Gasteiger partial charge in [-0.05, 0) is 19.3 Å². The third-order valence-electron chi connectivity index (χ3n) is 2.81. The summed E-state index contributed by atoms with van der Waals surface area (Å²) in [5.41, 5.74) is 1.27. The number of nitrogens with one attached hydrogen (secondary N) is 1. The van der Waals surface area contributed by atoms with Crippen molar-refractivity contribution in [3.8, 4) is 0 Å². The van der Waals surface area contributed by atoms with Crippen molar-refractivity contribution in [1.29, 1.82) is 0 Å². The van der Waals surface area contributed by atoms with Crippen molar-refractivity contribution >= 4 is 11.3 Å². The first-order valence-electron chi connectivity index (χ1n) is 6.03. The molecule has 0 bridgehead atoms. The Hall–Kier alpha value is -0.450. The molecule has 0 spiro atoms. The second-order valence-corrected chi connectivity index (χ2v) is 5.40. The predicted molar refractivity (Wildman–Crippen MR) is 66.9 cm³/mol. The molecule has 1 fully saturated rings. The molecule has 1 heterocycles. The van der Waals surface area contributed by atoms with Crippen LogP contribution in [0.1, 0.15) is 35.3 Å². The lowest BCUT2D eigenvalue weighted by Gasteiger charge is -2.00. The molecule has 4 heteroatoms. The van der Waals surface area contributed by atoms with Crippen LogP contribution in [0.25, 0.3) is 0 Å². The maximum atomic E-state index is 5.09. The van der Waals surface area contributed by atoms with Crippen molar-refractivity contribution in [2.75, 3.05) is 13.7 Å². The first-order chi connectivity index (χ1) is 7.83. The van der Waals surface area contributed by atoms with E-state index in [9.17, 15) is 0 Å². The van der Waals surface area contributed by atoms with Crippen LogP contribution in [-0.4, -0.2) is 24.7 Å². The number of aromatic nitrogens is 1. The van der Waals surface area contributed by atoms with Crippen LogP contribution in [0, 0.1) is 0 Å². The Balaban J connectivity index is 1.93. The summed E-state index contributed by atoms with van der Waals surface area (Å²) in [7, 11) is 1.74. The van der Waals surface area contributed by atoms with E-state index in [0.29, 0.717) is 0 Å². The number of methoxy groups -OCH3 is 1. The van der Waals surface area contributed by atoms with E-state index in [1.807, 2.05) is 11.3 Å². The Morgan fingerprint density at radius 3 is 2.94 bits per heavy atom. The van der Waals surface area contributed by atoms with Crippen LogP contribution >= 0.6 is 11.3 Å². The van der Waals surface area contributed by atoms with Gasteiger partial charge in [-0.2, -0.15) is 0 Å². The van der Waals surface area contributed by atoms with Crippen molar-refractivity contribution in [1.82, 2.24) is 10.3 Å². The molecule has 90 valence electrons. The molecule has 1 aliphatic carbocycles. The lowest BCUT2D eigenvalue weighted by Crippen LogP contribution is -2.15. The van der Waals surface area contributed by atoms with E-state index in [1.165, 1.54) is 28.4 Å². The van der Waals surface area contributed by atoms with E-state index in [2.05, 4.69) is 17.2 Å². The van der Waals surface area contributed by atoms with Crippen LogP contribution in [0.2, 0.25) is 0 Å². The summed E-state index contributed by atoms with van der Waals surface area (Å²) in [5, 5.41) is 4.77. The molecule has 1 N–H and O–H groups in total. The highest BCUT2D eigenvalue weighted by Crippen LogP contribution is 2.23. The van der Waals surface area contributed by atoms with Crippen molar-refractivity contribution in [2.45, 2.75) is 45.2 Å². The molecule has 1 aromatic rings. The molecule has 1 saturated carbocycles. The Morgan fingerprint density at radius 1 is 1.50 bits per heavy atom. The molecular weight excluding hydrogens is 220 g/mol. The van der Waals surface area contributed by atoms with Crippen molar-refractivity contribution < 1.29 is 4.74 Å². The summed E-state index contributed by atoms with van der Waals surface area (Å²) < 4.78 is 5.09. The quantitative estimate of drug-likeness (QED) is 0.793. The van der Waals surface area contributed by atoms with Crippen molar-refractivity contribution in [3.63, 3.8) is 0 Å². The number of rotatable bonds is 7. The Morgan fingerprint density at radius 2 is 2.31 bits per heavy atom. The van der Waals surface area contributed by atoms with Crippen molar-refractivity contribution in [3.05, 3.63) is 15.6 Å². The maximum absolute atomic E-state index is 5.09. The van der Waals surface area contributed by atoms with E-state index in [1.54, 1.807) is 7.11 Å². The topological polar surface area (TPSA) is 34.1 Å². The number of nitrogens with zero attached hydrogens (tertiary/aromatic N) is 1. The second-order valence-electron chi connectivity index (χ2n) is 4.23. The van der Waals surface area contributed by atoms with Crippen LogP contribution in [0.15, 0.2) is 0 Å². The number of hydrogen-bond donors (Lipinski definition) is 1. The first kappa shape index (κ1) is 12.0. The third kappa shape index (κ3) is 3.27. The number of thiazole rings is 1. The Kier molecular flexibility index (Phi) is 4.32. The zero-order valence-corrected chi connectivity index (χ0v) is 10.9. The molecule has 0 radical (unpaired) electrons.